The minimum Gasteiger partial charge on any atom is -0.348 e. The largest absolute Gasteiger partial charge is 0.348 e. The number of nitrogens with zero attached hydrogens (tertiary/aromatic N) is 2. The molecule has 1 fully saturated rings. The Balaban J connectivity index is 1.46. The summed E-state index contributed by atoms with van der Waals surface area (Å²) in [6, 6.07) is 10.6. The number of benzene rings is 1. The number of hydrogen-bond donors (Lipinski definition) is 2. The number of carbonyl (C=O) groups is 2. The van der Waals surface area contributed by atoms with Gasteiger partial charge in [0.2, 0.25) is 10.0 Å². The van der Waals surface area contributed by atoms with Gasteiger partial charge in [0.25, 0.3) is 17.4 Å². The number of fused-ring (bicyclic) bond motifs is 1. The van der Waals surface area contributed by atoms with E-state index in [0.717, 1.165) is 11.1 Å². The molecule has 0 unspecified atom stereocenters. The highest BCUT2D eigenvalue weighted by atomic mass is 32.2. The molecule has 1 aliphatic carbocycles. The molecule has 9 nitrogen and oxygen atoms in total. The van der Waals surface area contributed by atoms with E-state index >= 15 is 0 Å². The number of aromatic nitrogens is 1. The summed E-state index contributed by atoms with van der Waals surface area (Å²) in [5.41, 5.74) is 1.10. The zero-order valence-corrected chi connectivity index (χ0v) is 19.6. The van der Waals surface area contributed by atoms with Crippen molar-refractivity contribution in [3.63, 3.8) is 0 Å². The van der Waals surface area contributed by atoms with Crippen LogP contribution in [-0.2, 0) is 23.1 Å². The van der Waals surface area contributed by atoms with E-state index < -0.39 is 27.0 Å². The van der Waals surface area contributed by atoms with Crippen LogP contribution in [0.5, 0.6) is 0 Å². The quantitative estimate of drug-likeness (QED) is 0.595. The SMILES string of the molecule is CCS(=O)(=O)NC1(CN2CCn3c(ccc(C(=O)NCc4ccc(C)cc4)c3=O)C2=O)CC1. The molecule has 1 aromatic carbocycles. The monoisotopic (exact) mass is 472 g/mol. The van der Waals surface area contributed by atoms with E-state index in [1.54, 1.807) is 11.8 Å². The molecule has 1 aliphatic heterocycles. The van der Waals surface area contributed by atoms with Crippen LogP contribution >= 0.6 is 0 Å². The lowest BCUT2D eigenvalue weighted by Gasteiger charge is -2.32. The van der Waals surface area contributed by atoms with Crippen molar-refractivity contribution in [2.75, 3.05) is 18.8 Å². The fourth-order valence-corrected chi connectivity index (χ4v) is 5.06. The molecule has 4 rings (SSSR count). The summed E-state index contributed by atoms with van der Waals surface area (Å²) in [5.74, 6) is -0.848. The van der Waals surface area contributed by atoms with Crippen LogP contribution in [0.15, 0.2) is 41.2 Å². The molecule has 2 aromatic rings. The first kappa shape index (κ1) is 23.2. The third-order valence-corrected chi connectivity index (χ3v) is 7.70. The lowest BCUT2D eigenvalue weighted by molar-refractivity contribution is 0.0678. The van der Waals surface area contributed by atoms with Gasteiger partial charge in [-0.05, 0) is 44.4 Å². The van der Waals surface area contributed by atoms with Gasteiger partial charge in [-0.25, -0.2) is 13.1 Å². The normalized spacial score (nSPS) is 16.9. The van der Waals surface area contributed by atoms with E-state index in [-0.39, 0.29) is 42.6 Å². The van der Waals surface area contributed by atoms with Crippen LogP contribution < -0.4 is 15.6 Å². The van der Waals surface area contributed by atoms with Gasteiger partial charge < -0.3 is 14.8 Å². The summed E-state index contributed by atoms with van der Waals surface area (Å²) in [6.45, 7) is 4.63. The predicted molar refractivity (Wildman–Crippen MR) is 124 cm³/mol. The maximum absolute atomic E-state index is 13.0. The highest BCUT2D eigenvalue weighted by Crippen LogP contribution is 2.37. The minimum absolute atomic E-state index is 0.0125. The first-order valence-corrected chi connectivity index (χ1v) is 12.7. The van der Waals surface area contributed by atoms with Gasteiger partial charge in [-0.3, -0.25) is 14.4 Å². The number of aryl methyl sites for hydroxylation is 1. The number of pyridine rings is 1. The fraction of sp³-hybridized carbons (Fsp3) is 0.435. The maximum Gasteiger partial charge on any atom is 0.270 e. The van der Waals surface area contributed by atoms with Gasteiger partial charge >= 0.3 is 0 Å². The second-order valence-electron chi connectivity index (χ2n) is 8.77. The van der Waals surface area contributed by atoms with E-state index in [4.69, 9.17) is 0 Å². The number of rotatable bonds is 8. The molecule has 1 aromatic heterocycles. The summed E-state index contributed by atoms with van der Waals surface area (Å²) in [4.78, 5) is 40.1. The Hall–Kier alpha value is -2.98. The Labute approximate surface area is 192 Å². The number of amides is 2. The van der Waals surface area contributed by atoms with Gasteiger partial charge in [-0.2, -0.15) is 0 Å². The lowest BCUT2D eigenvalue weighted by atomic mass is 10.1. The molecule has 0 bridgehead atoms. The molecular formula is C23H28N4O5S. The Morgan fingerprint density at radius 2 is 1.76 bits per heavy atom. The summed E-state index contributed by atoms with van der Waals surface area (Å²) >= 11 is 0. The molecule has 2 aliphatic rings. The summed E-state index contributed by atoms with van der Waals surface area (Å²) in [7, 11) is -3.38. The number of sulfonamides is 1. The molecule has 0 saturated heterocycles. The van der Waals surface area contributed by atoms with Gasteiger partial charge in [-0.1, -0.05) is 29.8 Å². The zero-order chi connectivity index (χ0) is 23.8. The molecule has 10 heteroatoms. The van der Waals surface area contributed by atoms with Crippen LogP contribution in [0.2, 0.25) is 0 Å². The van der Waals surface area contributed by atoms with Crippen molar-refractivity contribution < 1.29 is 18.0 Å². The Morgan fingerprint density at radius 3 is 2.39 bits per heavy atom. The highest BCUT2D eigenvalue weighted by molar-refractivity contribution is 7.89. The summed E-state index contributed by atoms with van der Waals surface area (Å²) < 4.78 is 28.0. The topological polar surface area (TPSA) is 118 Å². The number of nitrogens with one attached hydrogen (secondary N) is 2. The first-order valence-electron chi connectivity index (χ1n) is 11.0. The zero-order valence-electron chi connectivity index (χ0n) is 18.8. The third-order valence-electron chi connectivity index (χ3n) is 6.19. The van der Waals surface area contributed by atoms with Crippen molar-refractivity contribution >= 4 is 21.8 Å². The second-order valence-corrected chi connectivity index (χ2v) is 10.8. The molecule has 2 heterocycles. The van der Waals surface area contributed by atoms with Crippen LogP contribution in [0, 0.1) is 6.92 Å². The molecule has 33 heavy (non-hydrogen) atoms. The van der Waals surface area contributed by atoms with Crippen molar-refractivity contribution in [1.29, 1.82) is 0 Å². The van der Waals surface area contributed by atoms with Crippen molar-refractivity contribution in [2.45, 2.75) is 45.3 Å². The fourth-order valence-electron chi connectivity index (χ4n) is 3.99. The van der Waals surface area contributed by atoms with E-state index in [2.05, 4.69) is 10.0 Å². The van der Waals surface area contributed by atoms with E-state index in [1.165, 1.54) is 16.7 Å². The van der Waals surface area contributed by atoms with Crippen LogP contribution in [0.4, 0.5) is 0 Å². The van der Waals surface area contributed by atoms with Gasteiger partial charge in [-0.15, -0.1) is 0 Å². The molecule has 176 valence electrons. The van der Waals surface area contributed by atoms with Crippen LogP contribution in [0.1, 0.15) is 51.7 Å². The Morgan fingerprint density at radius 1 is 1.06 bits per heavy atom. The second kappa shape index (κ2) is 8.75. The smallest absolute Gasteiger partial charge is 0.270 e. The molecule has 2 amide bonds. The lowest BCUT2D eigenvalue weighted by Crippen LogP contribution is -2.52. The Bertz CT molecular complexity index is 1250. The van der Waals surface area contributed by atoms with Crippen LogP contribution in [0.25, 0.3) is 0 Å². The molecule has 1 saturated carbocycles. The first-order chi connectivity index (χ1) is 15.6. The average molecular weight is 473 g/mol. The highest BCUT2D eigenvalue weighted by Gasteiger charge is 2.48. The Kier molecular flexibility index (Phi) is 6.15. The molecule has 2 N–H and O–H groups in total. The minimum atomic E-state index is -3.38. The molecule has 0 atom stereocenters. The maximum atomic E-state index is 13.0. The summed E-state index contributed by atoms with van der Waals surface area (Å²) in [6.07, 6.45) is 1.34. The van der Waals surface area contributed by atoms with Gasteiger partial charge in [0.05, 0.1) is 11.3 Å². The van der Waals surface area contributed by atoms with Crippen molar-refractivity contribution in [1.82, 2.24) is 19.5 Å². The molecule has 0 radical (unpaired) electrons. The van der Waals surface area contributed by atoms with Gasteiger partial charge in [0, 0.05) is 26.2 Å². The van der Waals surface area contributed by atoms with Gasteiger partial charge in [0.1, 0.15) is 11.3 Å². The average Bonchev–Trinajstić information content (AvgIpc) is 3.53. The van der Waals surface area contributed by atoms with Crippen LogP contribution in [0.3, 0.4) is 0 Å². The van der Waals surface area contributed by atoms with Crippen molar-refractivity contribution in [3.8, 4) is 0 Å². The van der Waals surface area contributed by atoms with Crippen molar-refractivity contribution in [3.05, 3.63) is 69.1 Å². The van der Waals surface area contributed by atoms with E-state index in [9.17, 15) is 22.8 Å². The molecular weight excluding hydrogens is 444 g/mol. The molecule has 0 spiro atoms. The predicted octanol–water partition coefficient (Wildman–Crippen LogP) is 1.01. The van der Waals surface area contributed by atoms with E-state index in [1.807, 2.05) is 31.2 Å². The number of carbonyl (C=O) groups excluding carboxylic acids is 2. The van der Waals surface area contributed by atoms with Gasteiger partial charge in [0.15, 0.2) is 0 Å². The third kappa shape index (κ3) is 5.01. The standard InChI is InChI=1S/C23H28N4O5S/c1-3-33(31,32)25-23(10-11-23)15-26-12-13-27-19(22(26)30)9-8-18(21(27)29)20(28)24-14-17-6-4-16(2)5-7-17/h4-9,25H,3,10-15H2,1-2H3,(H,24,28). The van der Waals surface area contributed by atoms with E-state index in [0.29, 0.717) is 19.4 Å². The number of hydrogen-bond acceptors (Lipinski definition) is 5. The van der Waals surface area contributed by atoms with Crippen molar-refractivity contribution in [2.24, 2.45) is 0 Å². The van der Waals surface area contributed by atoms with Crippen LogP contribution in [-0.4, -0.2) is 54.1 Å². The summed E-state index contributed by atoms with van der Waals surface area (Å²) in [5, 5.41) is 2.76.